The van der Waals surface area contributed by atoms with Crippen molar-refractivity contribution in [3.05, 3.63) is 34.5 Å². The van der Waals surface area contributed by atoms with Crippen LogP contribution in [0.4, 0.5) is 23.3 Å². The highest BCUT2D eigenvalue weighted by Crippen LogP contribution is 2.37. The average Bonchev–Trinajstić information content (AvgIpc) is 3.23. The minimum atomic E-state index is 0.00965. The summed E-state index contributed by atoms with van der Waals surface area (Å²) in [6.45, 7) is 5.29. The van der Waals surface area contributed by atoms with E-state index in [1.165, 1.54) is 10.7 Å². The molecule has 1 aliphatic rings. The first-order valence-electron chi connectivity index (χ1n) is 10.2. The fraction of sp³-hybridized carbons (Fsp3) is 0.333. The number of hydrogen-bond donors (Lipinski definition) is 2. The highest BCUT2D eigenvalue weighted by atomic mass is 35.5. The highest BCUT2D eigenvalue weighted by Gasteiger charge is 2.28. The van der Waals surface area contributed by atoms with Crippen LogP contribution in [0, 0.1) is 22.7 Å². The number of nitriles is 2. The van der Waals surface area contributed by atoms with E-state index in [4.69, 9.17) is 11.6 Å². The molecule has 0 radical (unpaired) electrons. The van der Waals surface area contributed by atoms with Crippen molar-refractivity contribution in [1.29, 1.82) is 10.5 Å². The fourth-order valence-electron chi connectivity index (χ4n) is 3.87. The lowest BCUT2D eigenvalue weighted by molar-refractivity contribution is -0.129. The number of aromatic nitrogens is 4. The van der Waals surface area contributed by atoms with Gasteiger partial charge in [-0.2, -0.15) is 30.1 Å². The van der Waals surface area contributed by atoms with Crippen LogP contribution in [0.2, 0.25) is 5.02 Å². The van der Waals surface area contributed by atoms with Crippen LogP contribution in [0.1, 0.15) is 25.0 Å². The van der Waals surface area contributed by atoms with Gasteiger partial charge in [0.05, 0.1) is 34.2 Å². The molecule has 1 saturated heterocycles. The van der Waals surface area contributed by atoms with Gasteiger partial charge >= 0.3 is 0 Å². The summed E-state index contributed by atoms with van der Waals surface area (Å²) in [5.41, 5.74) is 2.19. The van der Waals surface area contributed by atoms with Crippen LogP contribution in [0.3, 0.4) is 0 Å². The minimum absolute atomic E-state index is 0.00965. The summed E-state index contributed by atoms with van der Waals surface area (Å²) in [7, 11) is 1.68. The van der Waals surface area contributed by atoms with E-state index in [-0.39, 0.29) is 17.9 Å². The van der Waals surface area contributed by atoms with Crippen LogP contribution in [-0.2, 0) is 4.79 Å². The normalized spacial score (nSPS) is 15.8. The number of rotatable bonds is 4. The predicted molar refractivity (Wildman–Crippen MR) is 124 cm³/mol. The molecule has 0 aliphatic carbocycles. The second-order valence-corrected chi connectivity index (χ2v) is 8.01. The maximum absolute atomic E-state index is 11.8. The smallest absolute Gasteiger partial charge is 0.232 e. The van der Waals surface area contributed by atoms with E-state index in [0.29, 0.717) is 58.8 Å². The zero-order valence-electron chi connectivity index (χ0n) is 18.3. The molecule has 1 atom stereocenters. The number of nitrogens with zero attached hydrogens (tertiary/aromatic N) is 8. The van der Waals surface area contributed by atoms with Gasteiger partial charge in [-0.3, -0.25) is 4.79 Å². The highest BCUT2D eigenvalue weighted by molar-refractivity contribution is 6.36. The van der Waals surface area contributed by atoms with Crippen LogP contribution >= 0.6 is 11.6 Å². The number of carbonyl (C=O) groups is 1. The Balaban J connectivity index is 1.73. The van der Waals surface area contributed by atoms with E-state index >= 15 is 0 Å². The number of amides is 1. The SMILES string of the molecule is CNc1nc(Nc2cc(C#N)cc(N3CCN(C(C)=O)C[C@@H]3C)c2Cl)nc2c(C#N)cnn12. The Hall–Kier alpha value is -4.09. The molecule has 33 heavy (non-hydrogen) atoms. The summed E-state index contributed by atoms with van der Waals surface area (Å²) in [6.07, 6.45) is 1.41. The first-order valence-corrected chi connectivity index (χ1v) is 10.6. The van der Waals surface area contributed by atoms with Crippen molar-refractivity contribution in [2.75, 3.05) is 42.2 Å². The summed E-state index contributed by atoms with van der Waals surface area (Å²) < 4.78 is 1.43. The van der Waals surface area contributed by atoms with Crippen LogP contribution in [0.25, 0.3) is 5.65 Å². The third kappa shape index (κ3) is 4.06. The second kappa shape index (κ2) is 8.81. The number of hydrogen-bond acceptors (Lipinski definition) is 9. The quantitative estimate of drug-likeness (QED) is 0.595. The molecule has 1 amide bonds. The second-order valence-electron chi connectivity index (χ2n) is 7.63. The van der Waals surface area contributed by atoms with Crippen molar-refractivity contribution >= 4 is 46.4 Å². The van der Waals surface area contributed by atoms with E-state index in [2.05, 4.69) is 42.7 Å². The Bertz CT molecular complexity index is 1320. The standard InChI is InChI=1S/C21H21ClN10O/c1-12-11-30(13(2)33)4-5-31(12)17-7-14(8-23)6-16(18(17)22)27-20-28-19-15(9-24)10-26-32(19)21(25-3)29-20/h6-7,10,12H,4-5,11H2,1-3H3,(H2,25,27,28,29)/t12-/m0/s1. The minimum Gasteiger partial charge on any atom is -0.364 e. The Morgan fingerprint density at radius 2 is 2.03 bits per heavy atom. The molecule has 3 heterocycles. The summed E-state index contributed by atoms with van der Waals surface area (Å²) in [4.78, 5) is 24.5. The van der Waals surface area contributed by atoms with Gasteiger partial charge in [0.25, 0.3) is 0 Å². The van der Waals surface area contributed by atoms with E-state index in [1.54, 1.807) is 31.0 Å². The Kier molecular flexibility index (Phi) is 5.90. The number of halogens is 1. The van der Waals surface area contributed by atoms with Crippen molar-refractivity contribution in [2.24, 2.45) is 0 Å². The van der Waals surface area contributed by atoms with Gasteiger partial charge in [0.1, 0.15) is 11.6 Å². The monoisotopic (exact) mass is 464 g/mol. The molecular weight excluding hydrogens is 444 g/mol. The number of carbonyl (C=O) groups excluding carboxylic acids is 1. The Labute approximate surface area is 195 Å². The topological polar surface area (TPSA) is 138 Å². The zero-order chi connectivity index (χ0) is 23.7. The van der Waals surface area contributed by atoms with Gasteiger partial charge in [-0.05, 0) is 19.1 Å². The lowest BCUT2D eigenvalue weighted by atomic mass is 10.1. The maximum Gasteiger partial charge on any atom is 0.232 e. The fourth-order valence-corrected chi connectivity index (χ4v) is 4.13. The van der Waals surface area contributed by atoms with E-state index in [9.17, 15) is 15.3 Å². The van der Waals surface area contributed by atoms with Gasteiger partial charge in [0.2, 0.25) is 17.8 Å². The van der Waals surface area contributed by atoms with Gasteiger partial charge in [0, 0.05) is 39.6 Å². The molecule has 1 fully saturated rings. The first kappa shape index (κ1) is 22.1. The lowest BCUT2D eigenvalue weighted by Gasteiger charge is -2.41. The van der Waals surface area contributed by atoms with E-state index < -0.39 is 0 Å². The molecule has 1 aliphatic heterocycles. The lowest BCUT2D eigenvalue weighted by Crippen LogP contribution is -2.53. The van der Waals surface area contributed by atoms with Crippen LogP contribution in [0.15, 0.2) is 18.3 Å². The van der Waals surface area contributed by atoms with Gasteiger partial charge in [-0.25, -0.2) is 0 Å². The van der Waals surface area contributed by atoms with Crippen LogP contribution < -0.4 is 15.5 Å². The average molecular weight is 465 g/mol. The molecule has 168 valence electrons. The Morgan fingerprint density at radius 3 is 2.67 bits per heavy atom. The molecular formula is C21H21ClN10O. The summed E-state index contributed by atoms with van der Waals surface area (Å²) in [5, 5.41) is 29.5. The van der Waals surface area contributed by atoms with Gasteiger partial charge < -0.3 is 20.4 Å². The maximum atomic E-state index is 11.8. The third-order valence-corrected chi connectivity index (χ3v) is 5.92. The molecule has 11 nitrogen and oxygen atoms in total. The molecule has 0 bridgehead atoms. The van der Waals surface area contributed by atoms with E-state index in [0.717, 1.165) is 0 Å². The first-order chi connectivity index (χ1) is 15.9. The van der Waals surface area contributed by atoms with Crippen molar-refractivity contribution < 1.29 is 4.79 Å². The van der Waals surface area contributed by atoms with Gasteiger partial charge in [-0.15, -0.1) is 0 Å². The largest absolute Gasteiger partial charge is 0.364 e. The molecule has 0 unspecified atom stereocenters. The molecule has 2 N–H and O–H groups in total. The molecule has 1 aromatic carbocycles. The number of anilines is 4. The summed E-state index contributed by atoms with van der Waals surface area (Å²) in [5.74, 6) is 0.609. The van der Waals surface area contributed by atoms with Crippen molar-refractivity contribution in [3.63, 3.8) is 0 Å². The third-order valence-electron chi connectivity index (χ3n) is 5.52. The number of piperazine rings is 1. The number of benzene rings is 1. The molecule has 12 heteroatoms. The molecule has 2 aromatic heterocycles. The van der Waals surface area contributed by atoms with Crippen molar-refractivity contribution in [1.82, 2.24) is 24.5 Å². The predicted octanol–water partition coefficient (Wildman–Crippen LogP) is 2.36. The van der Waals surface area contributed by atoms with Crippen LogP contribution in [0.5, 0.6) is 0 Å². The molecule has 0 saturated carbocycles. The van der Waals surface area contributed by atoms with Crippen molar-refractivity contribution in [2.45, 2.75) is 19.9 Å². The van der Waals surface area contributed by atoms with Gasteiger partial charge in [0.15, 0.2) is 5.65 Å². The molecule has 4 rings (SSSR count). The summed E-state index contributed by atoms with van der Waals surface area (Å²) >= 11 is 6.78. The molecule has 3 aromatic rings. The summed E-state index contributed by atoms with van der Waals surface area (Å²) in [6, 6.07) is 7.59. The molecule has 0 spiro atoms. The number of nitrogens with one attached hydrogen (secondary N) is 2. The zero-order valence-corrected chi connectivity index (χ0v) is 19.1. The van der Waals surface area contributed by atoms with Crippen molar-refractivity contribution in [3.8, 4) is 12.1 Å². The van der Waals surface area contributed by atoms with Crippen LogP contribution in [-0.4, -0.2) is 63.1 Å². The van der Waals surface area contributed by atoms with E-state index in [1.807, 2.05) is 6.92 Å². The van der Waals surface area contributed by atoms with Gasteiger partial charge in [-0.1, -0.05) is 11.6 Å². The number of fused-ring (bicyclic) bond motifs is 1. The Morgan fingerprint density at radius 1 is 1.24 bits per heavy atom.